The van der Waals surface area contributed by atoms with Crippen LogP contribution in [-0.2, 0) is 4.79 Å². The number of benzene rings is 1. The molecular weight excluding hydrogens is 492 g/mol. The van der Waals surface area contributed by atoms with Crippen LogP contribution in [0.3, 0.4) is 0 Å². The first kappa shape index (κ1) is 24.2. The summed E-state index contributed by atoms with van der Waals surface area (Å²) in [5.41, 5.74) is 5.63. The highest BCUT2D eigenvalue weighted by molar-refractivity contribution is 5.94. The van der Waals surface area contributed by atoms with E-state index in [1.165, 1.54) is 6.42 Å². The van der Waals surface area contributed by atoms with E-state index in [9.17, 15) is 4.79 Å². The number of nitrogens with zero attached hydrogens (tertiary/aromatic N) is 6. The first-order chi connectivity index (χ1) is 19.0. The maximum atomic E-state index is 12.1. The van der Waals surface area contributed by atoms with Crippen LogP contribution in [-0.4, -0.2) is 62.3 Å². The molecule has 5 heterocycles. The third-order valence-electron chi connectivity index (χ3n) is 9.12. The van der Waals surface area contributed by atoms with E-state index in [0.29, 0.717) is 6.61 Å². The first-order valence-corrected chi connectivity index (χ1v) is 14.0. The molecule has 1 aromatic carbocycles. The lowest BCUT2D eigenvalue weighted by molar-refractivity contribution is -0.131. The fourth-order valence-corrected chi connectivity index (χ4v) is 6.85. The molecule has 202 valence electrons. The normalized spacial score (nSPS) is 20.5. The molecular formula is C30H34N6O3. The minimum absolute atomic E-state index is 0.0213. The van der Waals surface area contributed by atoms with Gasteiger partial charge in [-0.05, 0) is 77.1 Å². The zero-order chi connectivity index (χ0) is 26.7. The van der Waals surface area contributed by atoms with Crippen molar-refractivity contribution >= 4 is 23.4 Å². The number of imidazole rings is 1. The largest absolute Gasteiger partial charge is 0.488 e. The van der Waals surface area contributed by atoms with E-state index in [1.54, 1.807) is 0 Å². The Morgan fingerprint density at radius 3 is 2.59 bits per heavy atom. The van der Waals surface area contributed by atoms with Gasteiger partial charge < -0.3 is 19.1 Å². The second-order valence-corrected chi connectivity index (χ2v) is 11.5. The van der Waals surface area contributed by atoms with E-state index < -0.39 is 0 Å². The molecule has 39 heavy (non-hydrogen) atoms. The Kier molecular flexibility index (Phi) is 5.64. The highest BCUT2D eigenvalue weighted by Crippen LogP contribution is 2.46. The second-order valence-electron chi connectivity index (χ2n) is 11.5. The average Bonchev–Trinajstić information content (AvgIpc) is 3.50. The van der Waals surface area contributed by atoms with Gasteiger partial charge in [-0.2, -0.15) is 0 Å². The smallest absolute Gasteiger partial charge is 0.210 e. The third-order valence-corrected chi connectivity index (χ3v) is 9.12. The number of hydrogen-bond acceptors (Lipinski definition) is 7. The molecule has 1 saturated heterocycles. The molecule has 9 heteroatoms. The van der Waals surface area contributed by atoms with E-state index in [4.69, 9.17) is 19.2 Å². The molecule has 2 aliphatic heterocycles. The van der Waals surface area contributed by atoms with E-state index in [-0.39, 0.29) is 17.6 Å². The van der Waals surface area contributed by atoms with Crippen LogP contribution < -0.4 is 9.64 Å². The van der Waals surface area contributed by atoms with Crippen molar-refractivity contribution in [3.8, 4) is 16.9 Å². The lowest BCUT2D eigenvalue weighted by Crippen LogP contribution is -2.57. The summed E-state index contributed by atoms with van der Waals surface area (Å²) in [6, 6.07) is 10.3. The Hall–Kier alpha value is -3.88. The van der Waals surface area contributed by atoms with Crippen molar-refractivity contribution in [2.45, 2.75) is 70.5 Å². The minimum Gasteiger partial charge on any atom is -0.488 e. The van der Waals surface area contributed by atoms with Crippen LogP contribution in [0.5, 0.6) is 5.75 Å². The van der Waals surface area contributed by atoms with E-state index >= 15 is 0 Å². The quantitative estimate of drug-likeness (QED) is 0.325. The van der Waals surface area contributed by atoms with E-state index in [0.717, 1.165) is 96.2 Å². The molecule has 7 rings (SSSR count). The van der Waals surface area contributed by atoms with Gasteiger partial charge in [0.15, 0.2) is 5.75 Å². The summed E-state index contributed by atoms with van der Waals surface area (Å²) in [6.07, 6.45) is 8.19. The predicted octanol–water partition coefficient (Wildman–Crippen LogP) is 5.05. The Balaban J connectivity index is 1.30. The van der Waals surface area contributed by atoms with Crippen LogP contribution in [0.4, 0.5) is 5.95 Å². The zero-order valence-electron chi connectivity index (χ0n) is 22.8. The molecule has 0 radical (unpaired) electrons. The number of anilines is 1. The van der Waals surface area contributed by atoms with Crippen molar-refractivity contribution in [3.63, 3.8) is 0 Å². The summed E-state index contributed by atoms with van der Waals surface area (Å²) < 4.78 is 14.3. The number of piperidine rings is 1. The molecule has 3 aliphatic rings. The number of carbonyl (C=O) groups excluding carboxylic acids is 1. The van der Waals surface area contributed by atoms with Crippen molar-refractivity contribution in [1.29, 1.82) is 0 Å². The van der Waals surface area contributed by atoms with Gasteiger partial charge in [0, 0.05) is 36.4 Å². The zero-order valence-corrected chi connectivity index (χ0v) is 22.8. The standard InChI is InChI=1S/C30H34N6O3/c1-19-26(20(2)39-33-19)22-8-9-24-27-28(22)38-17-25(23-7-4-5-14-31-23)36(27)29(32-24)34-15-10-21(11-16-34)35(18-37)30(3)12-6-13-30/h4-5,7-9,14,18,21,25H,6,10-13,15-17H2,1-3H3/t25-/m1/s1. The molecule has 1 atom stereocenters. The summed E-state index contributed by atoms with van der Waals surface area (Å²) in [5.74, 6) is 2.52. The molecule has 4 aromatic rings. The number of rotatable bonds is 6. The summed E-state index contributed by atoms with van der Waals surface area (Å²) in [6.45, 7) is 8.27. The molecule has 1 saturated carbocycles. The number of aryl methyl sites for hydroxylation is 2. The van der Waals surface area contributed by atoms with Crippen molar-refractivity contribution in [2.75, 3.05) is 24.6 Å². The maximum Gasteiger partial charge on any atom is 0.210 e. The Bertz CT molecular complexity index is 1510. The van der Waals surface area contributed by atoms with Gasteiger partial charge in [0.1, 0.15) is 23.9 Å². The Labute approximate surface area is 227 Å². The van der Waals surface area contributed by atoms with Crippen LogP contribution in [0.2, 0.25) is 0 Å². The number of aromatic nitrogens is 4. The molecule has 3 aromatic heterocycles. The summed E-state index contributed by atoms with van der Waals surface area (Å²) in [7, 11) is 0. The van der Waals surface area contributed by atoms with Crippen LogP contribution in [0.25, 0.3) is 22.2 Å². The molecule has 0 unspecified atom stereocenters. The molecule has 1 aliphatic carbocycles. The predicted molar refractivity (Wildman–Crippen MR) is 148 cm³/mol. The lowest BCUT2D eigenvalue weighted by atomic mass is 9.76. The van der Waals surface area contributed by atoms with Gasteiger partial charge in [0.05, 0.1) is 22.5 Å². The van der Waals surface area contributed by atoms with Gasteiger partial charge in [-0.15, -0.1) is 0 Å². The average molecular weight is 527 g/mol. The lowest BCUT2D eigenvalue weighted by Gasteiger charge is -2.51. The topological polar surface area (TPSA) is 89.5 Å². The van der Waals surface area contributed by atoms with Crippen LogP contribution >= 0.6 is 0 Å². The highest BCUT2D eigenvalue weighted by atomic mass is 16.5. The molecule has 2 fully saturated rings. The van der Waals surface area contributed by atoms with Crippen LogP contribution in [0, 0.1) is 13.8 Å². The summed E-state index contributed by atoms with van der Waals surface area (Å²) >= 11 is 0. The maximum absolute atomic E-state index is 12.1. The minimum atomic E-state index is -0.100. The van der Waals surface area contributed by atoms with Crippen LogP contribution in [0.1, 0.15) is 62.2 Å². The number of amides is 1. The number of carbonyl (C=O) groups is 1. The van der Waals surface area contributed by atoms with Crippen molar-refractivity contribution in [2.24, 2.45) is 0 Å². The second kappa shape index (κ2) is 9.10. The monoisotopic (exact) mass is 526 g/mol. The van der Waals surface area contributed by atoms with Crippen LogP contribution in [0.15, 0.2) is 41.1 Å². The van der Waals surface area contributed by atoms with Gasteiger partial charge in [0.25, 0.3) is 0 Å². The summed E-state index contributed by atoms with van der Waals surface area (Å²) in [4.78, 5) is 26.5. The Morgan fingerprint density at radius 1 is 1.13 bits per heavy atom. The molecule has 0 spiro atoms. The Morgan fingerprint density at radius 2 is 1.95 bits per heavy atom. The van der Waals surface area contributed by atoms with Crippen molar-refractivity contribution < 1.29 is 14.1 Å². The fourth-order valence-electron chi connectivity index (χ4n) is 6.85. The van der Waals surface area contributed by atoms with E-state index in [2.05, 4.69) is 44.6 Å². The van der Waals surface area contributed by atoms with Crippen molar-refractivity contribution in [3.05, 3.63) is 53.7 Å². The van der Waals surface area contributed by atoms with Gasteiger partial charge >= 0.3 is 0 Å². The summed E-state index contributed by atoms with van der Waals surface area (Å²) in [5, 5.41) is 4.19. The molecule has 0 N–H and O–H groups in total. The first-order valence-electron chi connectivity index (χ1n) is 14.0. The van der Waals surface area contributed by atoms with Gasteiger partial charge in [-0.25, -0.2) is 4.98 Å². The molecule has 0 bridgehead atoms. The van der Waals surface area contributed by atoms with Gasteiger partial charge in [-0.1, -0.05) is 11.2 Å². The van der Waals surface area contributed by atoms with Gasteiger partial charge in [-0.3, -0.25) is 14.3 Å². The SMILES string of the molecule is Cc1noc(C)c1-c1ccc2nc(N3CCC(N(C=O)C4(C)CCC4)CC3)n3c2c1OC[C@@H]3c1ccccn1. The number of hydrogen-bond donors (Lipinski definition) is 0. The number of ether oxygens (including phenoxy) is 1. The van der Waals surface area contributed by atoms with Crippen molar-refractivity contribution in [1.82, 2.24) is 24.6 Å². The highest BCUT2D eigenvalue weighted by Gasteiger charge is 2.42. The molecule has 1 amide bonds. The van der Waals surface area contributed by atoms with Gasteiger partial charge in [0.2, 0.25) is 12.4 Å². The third kappa shape index (κ3) is 3.73. The van der Waals surface area contributed by atoms with E-state index in [1.807, 2.05) is 32.2 Å². The number of pyridine rings is 1. The fraction of sp³-hybridized carbons (Fsp3) is 0.467. The molecule has 9 nitrogen and oxygen atoms in total.